The van der Waals surface area contributed by atoms with Crippen LogP contribution < -0.4 is 16.0 Å². The number of imidazole rings is 1. The van der Waals surface area contributed by atoms with E-state index in [1.165, 1.54) is 10.9 Å². The van der Waals surface area contributed by atoms with E-state index < -0.39 is 71.4 Å². The SMILES string of the molecule is CCNC(=O)Nc1ncnc2c1ncn2[C@@H]1O[C@H](COP(=O)(O)OP(=O)(O)CNCC(=O)O)C(O)[C@@H]1O. The molecule has 3 unspecified atom stereocenters. The molecule has 206 valence electrons. The summed E-state index contributed by atoms with van der Waals surface area (Å²) in [6.45, 7) is 0.527. The number of amides is 2. The van der Waals surface area contributed by atoms with E-state index in [0.717, 1.165) is 6.33 Å². The quantitative estimate of drug-likeness (QED) is 0.136. The van der Waals surface area contributed by atoms with E-state index in [2.05, 4.69) is 34.4 Å². The average Bonchev–Trinajstić information content (AvgIpc) is 3.33. The Kier molecular flexibility index (Phi) is 9.30. The average molecular weight is 569 g/mol. The minimum Gasteiger partial charge on any atom is -0.480 e. The van der Waals surface area contributed by atoms with Gasteiger partial charge in [-0.05, 0) is 6.92 Å². The molecule has 2 aromatic heterocycles. The molecule has 3 rings (SSSR count). The number of fused-ring (bicyclic) bond motifs is 1. The van der Waals surface area contributed by atoms with Gasteiger partial charge in [0.2, 0.25) is 0 Å². The molecule has 1 aliphatic heterocycles. The summed E-state index contributed by atoms with van der Waals surface area (Å²) < 4.78 is 39.6. The second-order valence-corrected chi connectivity index (χ2v) is 11.0. The zero-order chi connectivity index (χ0) is 27.4. The molecule has 19 nitrogen and oxygen atoms in total. The van der Waals surface area contributed by atoms with Crippen molar-refractivity contribution in [2.75, 3.05) is 31.3 Å². The number of aromatic nitrogens is 4. The highest BCUT2D eigenvalue weighted by Crippen LogP contribution is 2.59. The van der Waals surface area contributed by atoms with Crippen LogP contribution in [0.2, 0.25) is 0 Å². The number of hydrogen-bond donors (Lipinski definition) is 8. The highest BCUT2D eigenvalue weighted by atomic mass is 31.3. The normalized spacial score (nSPS) is 24.9. The number of carboxylic acid groups (broad SMARTS) is 1. The van der Waals surface area contributed by atoms with Crippen molar-refractivity contribution in [2.24, 2.45) is 0 Å². The van der Waals surface area contributed by atoms with Gasteiger partial charge in [0.15, 0.2) is 23.2 Å². The number of urea groups is 1. The standard InChI is InChI=1S/C16H25N7O12P2/c1-2-18-16(28)22-13-10-14(20-5-19-13)23(6-21-10)15-12(27)11(26)8(34-15)4-33-37(31,32)35-36(29,30)7-17-3-9(24)25/h5-6,8,11-12,15,17,26-27H,2-4,7H2,1H3,(H,24,25)(H,29,30)(H,31,32)(H2,18,19,20,22,28)/t8-,11?,12+,15-/m1/s1. The lowest BCUT2D eigenvalue weighted by atomic mass is 10.1. The Balaban J connectivity index is 1.67. The van der Waals surface area contributed by atoms with Crippen LogP contribution in [0.1, 0.15) is 13.2 Å². The predicted octanol–water partition coefficient (Wildman–Crippen LogP) is -1.46. The summed E-state index contributed by atoms with van der Waals surface area (Å²) in [5.74, 6) is -1.28. The molecule has 8 N–H and O–H groups in total. The molecule has 2 amide bonds. The number of anilines is 1. The van der Waals surface area contributed by atoms with Crippen molar-refractivity contribution >= 4 is 44.4 Å². The number of carbonyl (C=O) groups excluding carboxylic acids is 1. The molecular weight excluding hydrogens is 544 g/mol. The van der Waals surface area contributed by atoms with Gasteiger partial charge in [-0.1, -0.05) is 0 Å². The van der Waals surface area contributed by atoms with E-state index in [1.54, 1.807) is 6.92 Å². The number of hydrogen-bond acceptors (Lipinski definition) is 13. The Morgan fingerprint density at radius 2 is 1.92 bits per heavy atom. The largest absolute Gasteiger partial charge is 0.480 e. The first-order chi connectivity index (χ1) is 17.3. The third kappa shape index (κ3) is 7.48. The van der Waals surface area contributed by atoms with Crippen LogP contribution in [0.25, 0.3) is 11.2 Å². The van der Waals surface area contributed by atoms with Gasteiger partial charge in [0.25, 0.3) is 0 Å². The van der Waals surface area contributed by atoms with Gasteiger partial charge in [-0.15, -0.1) is 0 Å². The topological polar surface area (TPSA) is 277 Å². The lowest BCUT2D eigenvalue weighted by Gasteiger charge is -2.19. The molecule has 0 aliphatic carbocycles. The number of nitrogens with one attached hydrogen (secondary N) is 3. The number of rotatable bonds is 12. The highest BCUT2D eigenvalue weighted by Gasteiger charge is 2.46. The number of aliphatic hydroxyl groups is 2. The van der Waals surface area contributed by atoms with Crippen LogP contribution >= 0.6 is 15.4 Å². The van der Waals surface area contributed by atoms with Gasteiger partial charge < -0.3 is 35.2 Å². The third-order valence-electron chi connectivity index (χ3n) is 4.76. The van der Waals surface area contributed by atoms with E-state index in [1.807, 2.05) is 5.32 Å². The molecule has 3 heterocycles. The minimum absolute atomic E-state index is 0.0623. The number of phosphoric ester groups is 1. The van der Waals surface area contributed by atoms with E-state index in [4.69, 9.17) is 9.84 Å². The van der Waals surface area contributed by atoms with Crippen molar-refractivity contribution < 1.29 is 57.4 Å². The second-order valence-electron chi connectivity index (χ2n) is 7.54. The highest BCUT2D eigenvalue weighted by molar-refractivity contribution is 7.63. The molecule has 0 aromatic carbocycles. The third-order valence-corrected chi connectivity index (χ3v) is 7.70. The van der Waals surface area contributed by atoms with Gasteiger partial charge in [0, 0.05) is 6.54 Å². The Morgan fingerprint density at radius 3 is 2.59 bits per heavy atom. The van der Waals surface area contributed by atoms with E-state index in [-0.39, 0.29) is 17.0 Å². The van der Waals surface area contributed by atoms with Gasteiger partial charge in [0.05, 0.1) is 25.8 Å². The van der Waals surface area contributed by atoms with Crippen LogP contribution in [0.4, 0.5) is 10.6 Å². The van der Waals surface area contributed by atoms with Gasteiger partial charge in [-0.3, -0.25) is 29.1 Å². The summed E-state index contributed by atoms with van der Waals surface area (Å²) in [4.78, 5) is 53.8. The van der Waals surface area contributed by atoms with E-state index in [9.17, 15) is 38.7 Å². The molecule has 1 fully saturated rings. The summed E-state index contributed by atoms with van der Waals surface area (Å²) >= 11 is 0. The number of carboxylic acids is 1. The number of phosphoric acid groups is 1. The molecular formula is C16H25N7O12P2. The van der Waals surface area contributed by atoms with Crippen LogP contribution in [0.15, 0.2) is 12.7 Å². The Hall–Kier alpha value is -2.57. The van der Waals surface area contributed by atoms with Crippen molar-refractivity contribution in [3.05, 3.63) is 12.7 Å². The maximum atomic E-state index is 12.1. The Bertz CT molecular complexity index is 1230. The summed E-state index contributed by atoms with van der Waals surface area (Å²) in [5.41, 5.74) is 0.257. The molecule has 21 heteroatoms. The fraction of sp³-hybridized carbons (Fsp3) is 0.562. The smallest absolute Gasteiger partial charge is 0.479 e. The second kappa shape index (κ2) is 11.9. The first kappa shape index (κ1) is 29.0. The van der Waals surface area contributed by atoms with Gasteiger partial charge in [-0.25, -0.2) is 28.6 Å². The summed E-state index contributed by atoms with van der Waals surface area (Å²) in [5, 5.41) is 36.4. The fourth-order valence-corrected chi connectivity index (χ4v) is 5.66. The Morgan fingerprint density at radius 1 is 1.19 bits per heavy atom. The molecule has 0 spiro atoms. The van der Waals surface area contributed by atoms with Crippen LogP contribution in [0.5, 0.6) is 0 Å². The molecule has 1 saturated heterocycles. The summed E-state index contributed by atoms with van der Waals surface area (Å²) in [6, 6.07) is -0.539. The lowest BCUT2D eigenvalue weighted by molar-refractivity contribution is -0.135. The molecule has 37 heavy (non-hydrogen) atoms. The number of carbonyl (C=O) groups is 2. The number of ether oxygens (including phenoxy) is 1. The molecule has 0 saturated carbocycles. The first-order valence-corrected chi connectivity index (χ1v) is 13.8. The first-order valence-electron chi connectivity index (χ1n) is 10.5. The monoisotopic (exact) mass is 569 g/mol. The maximum absolute atomic E-state index is 12.1. The lowest BCUT2D eigenvalue weighted by Crippen LogP contribution is -2.33. The molecule has 0 bridgehead atoms. The molecule has 2 aromatic rings. The number of aliphatic hydroxyl groups excluding tert-OH is 2. The van der Waals surface area contributed by atoms with Crippen LogP contribution in [0.3, 0.4) is 0 Å². The number of nitrogens with zero attached hydrogens (tertiary/aromatic N) is 4. The summed E-state index contributed by atoms with van der Waals surface area (Å²) in [6.07, 6.45) is -4.57. The predicted molar refractivity (Wildman–Crippen MR) is 121 cm³/mol. The molecule has 1 aliphatic rings. The van der Waals surface area contributed by atoms with Crippen LogP contribution in [-0.2, 0) is 27.5 Å². The van der Waals surface area contributed by atoms with Crippen molar-refractivity contribution in [2.45, 2.75) is 31.5 Å². The fourth-order valence-electron chi connectivity index (χ4n) is 3.22. The van der Waals surface area contributed by atoms with Crippen molar-refractivity contribution in [1.29, 1.82) is 0 Å². The van der Waals surface area contributed by atoms with Crippen LogP contribution in [0, 0.1) is 0 Å². The zero-order valence-electron chi connectivity index (χ0n) is 19.1. The van der Waals surface area contributed by atoms with Crippen molar-refractivity contribution in [1.82, 2.24) is 30.2 Å². The minimum atomic E-state index is -5.18. The molecule has 0 radical (unpaired) electrons. The van der Waals surface area contributed by atoms with E-state index >= 15 is 0 Å². The van der Waals surface area contributed by atoms with Gasteiger partial charge in [-0.2, -0.15) is 0 Å². The van der Waals surface area contributed by atoms with Crippen LogP contribution in [-0.4, -0.2) is 101 Å². The van der Waals surface area contributed by atoms with Gasteiger partial charge >= 0.3 is 27.4 Å². The zero-order valence-corrected chi connectivity index (χ0v) is 20.9. The van der Waals surface area contributed by atoms with Crippen molar-refractivity contribution in [3.8, 4) is 0 Å². The van der Waals surface area contributed by atoms with E-state index in [0.29, 0.717) is 6.54 Å². The molecule has 6 atom stereocenters. The summed E-state index contributed by atoms with van der Waals surface area (Å²) in [7, 11) is -9.96. The number of aliphatic carboxylic acids is 1. The Labute approximate surface area is 207 Å². The van der Waals surface area contributed by atoms with Gasteiger partial charge in [0.1, 0.15) is 24.6 Å². The maximum Gasteiger partial charge on any atom is 0.479 e. The van der Waals surface area contributed by atoms with Crippen molar-refractivity contribution in [3.63, 3.8) is 0 Å².